The van der Waals surface area contributed by atoms with Gasteiger partial charge in [-0.1, -0.05) is 18.9 Å². The van der Waals surface area contributed by atoms with Gasteiger partial charge in [0, 0.05) is 54.6 Å². The molecule has 5 heterocycles. The number of aryl methyl sites for hydroxylation is 1. The number of phenolic OH excluding ortho intramolecular Hbond substituents is 1. The Morgan fingerprint density at radius 3 is 2.75 bits per heavy atom. The van der Waals surface area contributed by atoms with Gasteiger partial charge in [-0.25, -0.2) is 18.2 Å². The van der Waals surface area contributed by atoms with Gasteiger partial charge >= 0.3 is 6.01 Å². The smallest absolute Gasteiger partial charge is 0.319 e. The molecule has 2 N–H and O–H groups in total. The van der Waals surface area contributed by atoms with Gasteiger partial charge in [0.1, 0.15) is 34.8 Å². The minimum Gasteiger partial charge on any atom is -0.508 e. The van der Waals surface area contributed by atoms with Crippen molar-refractivity contribution in [3.05, 3.63) is 47.2 Å². The maximum atomic E-state index is 17.1. The molecule has 11 heteroatoms. The molecule has 0 unspecified atom stereocenters. The molecular formula is C37H39F3N6O2. The number of benzene rings is 2. The van der Waals surface area contributed by atoms with Crippen LogP contribution < -0.4 is 15.0 Å². The number of ether oxygens (including phenoxy) is 1. The number of nitrogens with one attached hydrogen (secondary N) is 1. The third-order valence-electron chi connectivity index (χ3n) is 10.8. The number of halogens is 3. The minimum absolute atomic E-state index is 0.0291. The van der Waals surface area contributed by atoms with Gasteiger partial charge < -0.3 is 20.1 Å². The zero-order chi connectivity index (χ0) is 33.2. The van der Waals surface area contributed by atoms with Gasteiger partial charge in [-0.3, -0.25) is 4.90 Å². The fourth-order valence-corrected chi connectivity index (χ4v) is 8.16. The van der Waals surface area contributed by atoms with Gasteiger partial charge in [-0.05, 0) is 75.1 Å². The largest absolute Gasteiger partial charge is 0.508 e. The van der Waals surface area contributed by atoms with Crippen molar-refractivity contribution in [3.8, 4) is 35.4 Å². The predicted molar refractivity (Wildman–Crippen MR) is 179 cm³/mol. The van der Waals surface area contributed by atoms with Crippen LogP contribution in [0.5, 0.6) is 11.8 Å². The first-order valence-corrected chi connectivity index (χ1v) is 17.1. The SMILES string of the molecule is C#Cc1c(F)ccc2cc(O)cc(-c3nc4c5c(nc(OCC6(CN7CCC[C@@H](F)C7)CC6)nc5c3F)N3CCN[C@@H](CC)[C@H]3CC4)c12. The number of anilines is 1. The molecule has 0 radical (unpaired) electrons. The van der Waals surface area contributed by atoms with E-state index < -0.39 is 17.8 Å². The second kappa shape index (κ2) is 12.1. The minimum atomic E-state index is -0.799. The Kier molecular flexibility index (Phi) is 7.84. The van der Waals surface area contributed by atoms with E-state index in [1.807, 2.05) is 0 Å². The number of alkyl halides is 1. The summed E-state index contributed by atoms with van der Waals surface area (Å²) in [5.41, 5.74) is 0.683. The summed E-state index contributed by atoms with van der Waals surface area (Å²) < 4.78 is 52.6. The molecule has 3 fully saturated rings. The lowest BCUT2D eigenvalue weighted by molar-refractivity contribution is 0.0974. The van der Waals surface area contributed by atoms with Crippen LogP contribution in [-0.4, -0.2) is 82.5 Å². The predicted octanol–water partition coefficient (Wildman–Crippen LogP) is 5.91. The number of fused-ring (bicyclic) bond motifs is 3. The molecule has 4 aromatic rings. The van der Waals surface area contributed by atoms with Crippen LogP contribution in [0.3, 0.4) is 0 Å². The molecule has 0 spiro atoms. The van der Waals surface area contributed by atoms with Crippen LogP contribution in [-0.2, 0) is 6.42 Å². The molecule has 8 rings (SSSR count). The summed E-state index contributed by atoms with van der Waals surface area (Å²) in [6.45, 7) is 6.00. The van der Waals surface area contributed by atoms with Crippen molar-refractivity contribution in [2.24, 2.45) is 5.41 Å². The standard InChI is InChI=1S/C37H39F3N6O2/c1-3-24-26(39)8-7-21-16-23(47)17-25(30(21)24)33-32(40)34-31-28(42-33)9-10-29-27(4-2)41-13-15-46(29)35(31)44-36(43-34)48-20-37(11-12-37)19-45-14-5-6-22(38)18-45/h1,7-8,16-17,22,27,29,41,47H,4-6,9-15,18-20H2,2H3/t22-,27+,29-/m1/s1. The maximum absolute atomic E-state index is 17.1. The van der Waals surface area contributed by atoms with Gasteiger partial charge in [0.15, 0.2) is 5.82 Å². The van der Waals surface area contributed by atoms with E-state index in [1.54, 1.807) is 0 Å². The number of aromatic nitrogens is 3. The van der Waals surface area contributed by atoms with Crippen LogP contribution in [0, 0.1) is 29.4 Å². The molecule has 2 aromatic carbocycles. The Morgan fingerprint density at radius 1 is 1.12 bits per heavy atom. The number of hydrogen-bond donors (Lipinski definition) is 2. The lowest BCUT2D eigenvalue weighted by Crippen LogP contribution is -2.58. The lowest BCUT2D eigenvalue weighted by atomic mass is 9.95. The van der Waals surface area contributed by atoms with Crippen molar-refractivity contribution >= 4 is 27.5 Å². The van der Waals surface area contributed by atoms with E-state index in [1.165, 1.54) is 24.3 Å². The van der Waals surface area contributed by atoms with Crippen molar-refractivity contribution in [1.82, 2.24) is 25.2 Å². The lowest BCUT2D eigenvalue weighted by Gasteiger charge is -2.42. The summed E-state index contributed by atoms with van der Waals surface area (Å²) in [6, 6.07) is 5.99. The molecule has 4 aliphatic rings. The fraction of sp³-hybridized carbons (Fsp3) is 0.486. The van der Waals surface area contributed by atoms with Crippen LogP contribution in [0.25, 0.3) is 32.9 Å². The number of likely N-dealkylation sites (tertiary alicyclic amines) is 1. The average molecular weight is 657 g/mol. The van der Waals surface area contributed by atoms with Gasteiger partial charge in [0.25, 0.3) is 0 Å². The number of piperidine rings is 1. The van der Waals surface area contributed by atoms with Gasteiger partial charge in [-0.15, -0.1) is 6.42 Å². The highest BCUT2D eigenvalue weighted by molar-refractivity contribution is 6.03. The summed E-state index contributed by atoms with van der Waals surface area (Å²) in [4.78, 5) is 19.0. The number of rotatable bonds is 7. The molecule has 1 aliphatic carbocycles. The Morgan fingerprint density at radius 2 is 1.98 bits per heavy atom. The van der Waals surface area contributed by atoms with Crippen LogP contribution in [0.1, 0.15) is 56.7 Å². The van der Waals surface area contributed by atoms with E-state index in [0.717, 1.165) is 51.7 Å². The molecule has 3 atom stereocenters. The molecule has 3 aliphatic heterocycles. The second-order valence-electron chi connectivity index (χ2n) is 14.0. The van der Waals surface area contributed by atoms with E-state index >= 15 is 4.39 Å². The van der Waals surface area contributed by atoms with Crippen molar-refractivity contribution in [2.75, 3.05) is 44.2 Å². The topological polar surface area (TPSA) is 86.6 Å². The summed E-state index contributed by atoms with van der Waals surface area (Å²) >= 11 is 0. The third-order valence-corrected chi connectivity index (χ3v) is 10.8. The average Bonchev–Trinajstić information content (AvgIpc) is 3.87. The van der Waals surface area contributed by atoms with Crippen molar-refractivity contribution in [1.29, 1.82) is 0 Å². The number of nitrogens with zero attached hydrogens (tertiary/aromatic N) is 5. The highest BCUT2D eigenvalue weighted by atomic mass is 19.1. The molecular weight excluding hydrogens is 617 g/mol. The van der Waals surface area contributed by atoms with Crippen LogP contribution in [0.4, 0.5) is 19.0 Å². The van der Waals surface area contributed by atoms with Gasteiger partial charge in [0.05, 0.1) is 23.3 Å². The summed E-state index contributed by atoms with van der Waals surface area (Å²) in [6.07, 6.45) is 10.6. The fourth-order valence-electron chi connectivity index (χ4n) is 8.16. The highest BCUT2D eigenvalue weighted by Gasteiger charge is 2.46. The zero-order valence-corrected chi connectivity index (χ0v) is 27.0. The monoisotopic (exact) mass is 656 g/mol. The summed E-state index contributed by atoms with van der Waals surface area (Å²) in [5, 5.41) is 15.6. The van der Waals surface area contributed by atoms with E-state index in [4.69, 9.17) is 26.1 Å². The van der Waals surface area contributed by atoms with Crippen LogP contribution in [0.15, 0.2) is 24.3 Å². The van der Waals surface area contributed by atoms with E-state index in [9.17, 15) is 13.9 Å². The summed E-state index contributed by atoms with van der Waals surface area (Å²) in [5.74, 6) is 1.56. The van der Waals surface area contributed by atoms with Gasteiger partial charge in [-0.2, -0.15) is 9.97 Å². The number of hydrogen-bond acceptors (Lipinski definition) is 8. The number of aromatic hydroxyl groups is 1. The van der Waals surface area contributed by atoms with E-state index in [-0.39, 0.29) is 51.6 Å². The molecule has 0 amide bonds. The second-order valence-corrected chi connectivity index (χ2v) is 14.0. The molecule has 250 valence electrons. The van der Waals surface area contributed by atoms with Crippen molar-refractivity contribution in [3.63, 3.8) is 0 Å². The zero-order valence-electron chi connectivity index (χ0n) is 27.0. The van der Waals surface area contributed by atoms with Crippen LogP contribution in [0.2, 0.25) is 0 Å². The number of terminal acetylenes is 1. The maximum Gasteiger partial charge on any atom is 0.319 e. The Labute approximate surface area is 277 Å². The first-order valence-electron chi connectivity index (χ1n) is 17.1. The summed E-state index contributed by atoms with van der Waals surface area (Å²) in [7, 11) is 0. The third kappa shape index (κ3) is 5.39. The van der Waals surface area contributed by atoms with E-state index in [2.05, 4.69) is 28.0 Å². The quantitative estimate of drug-likeness (QED) is 0.238. The molecule has 0 bridgehead atoms. The van der Waals surface area contributed by atoms with Gasteiger partial charge in [0.2, 0.25) is 0 Å². The van der Waals surface area contributed by atoms with Crippen LogP contribution >= 0.6 is 0 Å². The number of pyridine rings is 1. The molecule has 8 nitrogen and oxygen atoms in total. The molecule has 48 heavy (non-hydrogen) atoms. The highest BCUT2D eigenvalue weighted by Crippen LogP contribution is 2.47. The normalized spacial score (nSPS) is 23.5. The first kappa shape index (κ1) is 31.1. The molecule has 2 aromatic heterocycles. The molecule has 2 saturated heterocycles. The molecule has 1 saturated carbocycles. The van der Waals surface area contributed by atoms with E-state index in [0.29, 0.717) is 60.2 Å². The Bertz CT molecular complexity index is 1960. The van der Waals surface area contributed by atoms with Crippen molar-refractivity contribution < 1.29 is 23.0 Å². The van der Waals surface area contributed by atoms with Crippen molar-refractivity contribution in [2.45, 2.75) is 70.1 Å². The Balaban J connectivity index is 1.26. The first-order chi connectivity index (χ1) is 23.3. The Hall–Kier alpha value is -4.14. The number of phenols is 1. The number of piperazine rings is 1.